The number of nitrogens with zero attached hydrogens (tertiary/aromatic N) is 3. The Bertz CT molecular complexity index is 1130. The van der Waals surface area contributed by atoms with Gasteiger partial charge in [-0.05, 0) is 49.4 Å². The molecule has 158 valence electrons. The van der Waals surface area contributed by atoms with E-state index in [0.717, 1.165) is 5.56 Å². The third-order valence-electron chi connectivity index (χ3n) is 4.08. The van der Waals surface area contributed by atoms with E-state index in [2.05, 4.69) is 15.5 Å². The van der Waals surface area contributed by atoms with Gasteiger partial charge in [-0.2, -0.15) is 10.4 Å². The monoisotopic (exact) mass is 438 g/mol. The molecule has 1 N–H and O–H groups in total. The molecular weight excluding hydrogens is 420 g/mol. The zero-order chi connectivity index (χ0) is 22.2. The Kier molecular flexibility index (Phi) is 7.38. The van der Waals surface area contributed by atoms with Crippen molar-refractivity contribution >= 4 is 23.7 Å². The van der Waals surface area contributed by atoms with Crippen LogP contribution >= 0.6 is 11.6 Å². The van der Waals surface area contributed by atoms with Crippen LogP contribution in [-0.4, -0.2) is 30.8 Å². The van der Waals surface area contributed by atoms with Crippen molar-refractivity contribution in [2.75, 3.05) is 13.7 Å². The molecule has 0 fully saturated rings. The fourth-order valence-electron chi connectivity index (χ4n) is 2.73. The van der Waals surface area contributed by atoms with Gasteiger partial charge >= 0.3 is 0 Å². The van der Waals surface area contributed by atoms with Gasteiger partial charge in [-0.3, -0.25) is 4.79 Å². The average Bonchev–Trinajstić information content (AvgIpc) is 3.22. The normalized spacial score (nSPS) is 10.8. The second kappa shape index (κ2) is 10.4. The summed E-state index contributed by atoms with van der Waals surface area (Å²) >= 11 is 5.89. The van der Waals surface area contributed by atoms with Crippen LogP contribution in [0.5, 0.6) is 5.88 Å². The number of nitrogens with one attached hydrogen (secondary N) is 1. The molecule has 0 aliphatic carbocycles. The van der Waals surface area contributed by atoms with Gasteiger partial charge in [0.05, 0.1) is 12.8 Å². The molecule has 3 aromatic rings. The number of aromatic nitrogens is 1. The van der Waals surface area contributed by atoms with Crippen LogP contribution in [0.4, 0.5) is 0 Å². The molecule has 0 unspecified atom stereocenters. The molecule has 0 saturated heterocycles. The Hall–Kier alpha value is -3.67. The highest BCUT2D eigenvalue weighted by molar-refractivity contribution is 6.30. The van der Waals surface area contributed by atoms with Gasteiger partial charge < -0.3 is 13.9 Å². The number of furan rings is 1. The maximum Gasteiger partial charge on any atom is 0.278 e. The van der Waals surface area contributed by atoms with Crippen molar-refractivity contribution in [3.8, 4) is 23.3 Å². The van der Waals surface area contributed by atoms with Crippen LogP contribution in [0.25, 0.3) is 11.3 Å². The van der Waals surface area contributed by atoms with Crippen molar-refractivity contribution in [2.45, 2.75) is 13.5 Å². The third kappa shape index (κ3) is 5.92. The van der Waals surface area contributed by atoms with Gasteiger partial charge in [0.2, 0.25) is 5.88 Å². The molecule has 0 atom stereocenters. The third-order valence-corrected chi connectivity index (χ3v) is 4.34. The van der Waals surface area contributed by atoms with Gasteiger partial charge in [0, 0.05) is 29.0 Å². The average molecular weight is 439 g/mol. The number of pyridine rings is 1. The minimum Gasteiger partial charge on any atom is -0.467 e. The molecule has 0 bridgehead atoms. The fraction of sp³-hybridized carbons (Fsp3) is 0.182. The van der Waals surface area contributed by atoms with E-state index in [0.29, 0.717) is 27.8 Å². The van der Waals surface area contributed by atoms with Crippen LogP contribution in [0.15, 0.2) is 52.0 Å². The quantitative estimate of drug-likeness (QED) is 0.422. The highest BCUT2D eigenvalue weighted by Gasteiger charge is 2.14. The molecule has 0 saturated carbocycles. The summed E-state index contributed by atoms with van der Waals surface area (Å²) in [6.45, 7) is 1.64. The number of rotatable bonds is 8. The fourth-order valence-corrected chi connectivity index (χ4v) is 2.86. The number of aryl methyl sites for hydroxylation is 1. The van der Waals surface area contributed by atoms with Crippen molar-refractivity contribution in [3.63, 3.8) is 0 Å². The van der Waals surface area contributed by atoms with Crippen LogP contribution in [0.2, 0.25) is 5.02 Å². The number of ether oxygens (including phenoxy) is 2. The highest BCUT2D eigenvalue weighted by Crippen LogP contribution is 2.23. The first-order chi connectivity index (χ1) is 15.0. The number of carbonyl (C=O) groups excluding carboxylic acids is 1. The summed E-state index contributed by atoms with van der Waals surface area (Å²) in [6, 6.07) is 14.5. The zero-order valence-corrected chi connectivity index (χ0v) is 17.6. The molecule has 2 aromatic heterocycles. The Morgan fingerprint density at radius 2 is 2.10 bits per heavy atom. The van der Waals surface area contributed by atoms with Gasteiger partial charge in [-0.1, -0.05) is 11.6 Å². The van der Waals surface area contributed by atoms with E-state index in [9.17, 15) is 10.1 Å². The minimum atomic E-state index is -0.513. The summed E-state index contributed by atoms with van der Waals surface area (Å²) in [4.78, 5) is 16.2. The van der Waals surface area contributed by atoms with Crippen LogP contribution in [-0.2, 0) is 16.1 Å². The number of benzene rings is 1. The number of nitriles is 1. The van der Waals surface area contributed by atoms with Crippen molar-refractivity contribution in [3.05, 3.63) is 70.1 Å². The van der Waals surface area contributed by atoms with Gasteiger partial charge in [0.1, 0.15) is 23.2 Å². The molecule has 0 spiro atoms. The second-order valence-corrected chi connectivity index (χ2v) is 6.87. The van der Waals surface area contributed by atoms with Crippen molar-refractivity contribution in [1.29, 1.82) is 5.26 Å². The Morgan fingerprint density at radius 1 is 1.32 bits per heavy atom. The van der Waals surface area contributed by atoms with E-state index in [1.54, 1.807) is 37.3 Å². The molecule has 1 amide bonds. The molecule has 1 aromatic carbocycles. The van der Waals surface area contributed by atoms with Gasteiger partial charge in [-0.15, -0.1) is 0 Å². The van der Waals surface area contributed by atoms with Crippen LogP contribution in [0.3, 0.4) is 0 Å². The first kappa shape index (κ1) is 22.0. The number of hydrogen-bond donors (Lipinski definition) is 1. The highest BCUT2D eigenvalue weighted by atomic mass is 35.5. The Balaban J connectivity index is 1.57. The first-order valence-electron chi connectivity index (χ1n) is 9.20. The molecular formula is C22H19ClN4O4. The van der Waals surface area contributed by atoms with Crippen LogP contribution in [0, 0.1) is 18.3 Å². The van der Waals surface area contributed by atoms with E-state index in [1.807, 2.05) is 18.2 Å². The molecule has 0 aliphatic rings. The summed E-state index contributed by atoms with van der Waals surface area (Å²) in [6.07, 6.45) is 1.37. The number of methoxy groups -OCH3 is 1. The van der Waals surface area contributed by atoms with E-state index in [-0.39, 0.29) is 24.7 Å². The van der Waals surface area contributed by atoms with E-state index in [4.69, 9.17) is 25.5 Å². The number of hydrazone groups is 1. The van der Waals surface area contributed by atoms with Crippen LogP contribution < -0.4 is 10.2 Å². The number of hydrogen-bond acceptors (Lipinski definition) is 7. The summed E-state index contributed by atoms with van der Waals surface area (Å²) in [7, 11) is 1.53. The molecule has 0 aliphatic heterocycles. The molecule has 9 heteroatoms. The predicted octanol–water partition coefficient (Wildman–Crippen LogP) is 3.85. The number of carbonyl (C=O) groups is 1. The van der Waals surface area contributed by atoms with Gasteiger partial charge in [-0.25, -0.2) is 10.4 Å². The number of amides is 1. The maximum absolute atomic E-state index is 12.0. The molecule has 3 rings (SSSR count). The van der Waals surface area contributed by atoms with E-state index >= 15 is 0 Å². The Labute approximate surface area is 184 Å². The summed E-state index contributed by atoms with van der Waals surface area (Å²) in [5.41, 5.74) is 4.73. The lowest BCUT2D eigenvalue weighted by atomic mass is 10.1. The lowest BCUT2D eigenvalue weighted by Gasteiger charge is -2.10. The SMILES string of the molecule is COCc1cc(C)nc(OCC(=O)N/N=C/c2ccc(-c3ccc(Cl)cc3)o2)c1C#N. The lowest BCUT2D eigenvalue weighted by molar-refractivity contribution is -0.123. The van der Waals surface area contributed by atoms with E-state index < -0.39 is 5.91 Å². The predicted molar refractivity (Wildman–Crippen MR) is 115 cm³/mol. The molecule has 0 radical (unpaired) electrons. The largest absolute Gasteiger partial charge is 0.467 e. The van der Waals surface area contributed by atoms with E-state index in [1.165, 1.54) is 13.3 Å². The van der Waals surface area contributed by atoms with Crippen molar-refractivity contribution in [2.24, 2.45) is 5.10 Å². The first-order valence-corrected chi connectivity index (χ1v) is 9.58. The summed E-state index contributed by atoms with van der Waals surface area (Å²) < 4.78 is 16.2. The standard InChI is InChI=1S/C22H19ClN4O4/c1-14-9-16(12-29-2)19(10-24)22(26-14)30-13-21(28)27-25-11-18-7-8-20(31-18)15-3-5-17(23)6-4-15/h3-9,11H,12-13H2,1-2H3,(H,27,28)/b25-11+. The smallest absolute Gasteiger partial charge is 0.278 e. The summed E-state index contributed by atoms with van der Waals surface area (Å²) in [5.74, 6) is 0.672. The topological polar surface area (TPSA) is 110 Å². The second-order valence-electron chi connectivity index (χ2n) is 6.44. The summed E-state index contributed by atoms with van der Waals surface area (Å²) in [5, 5.41) is 13.9. The number of halogens is 1. The van der Waals surface area contributed by atoms with Gasteiger partial charge in [0.25, 0.3) is 5.91 Å². The van der Waals surface area contributed by atoms with Gasteiger partial charge in [0.15, 0.2) is 6.61 Å². The van der Waals surface area contributed by atoms with Crippen LogP contribution in [0.1, 0.15) is 22.6 Å². The van der Waals surface area contributed by atoms with Crippen molar-refractivity contribution in [1.82, 2.24) is 10.4 Å². The minimum absolute atomic E-state index is 0.0762. The Morgan fingerprint density at radius 3 is 2.81 bits per heavy atom. The maximum atomic E-state index is 12.0. The lowest BCUT2D eigenvalue weighted by Crippen LogP contribution is -2.25. The zero-order valence-electron chi connectivity index (χ0n) is 16.9. The van der Waals surface area contributed by atoms with Crippen molar-refractivity contribution < 1.29 is 18.7 Å². The molecule has 8 nitrogen and oxygen atoms in total. The molecule has 31 heavy (non-hydrogen) atoms. The molecule has 2 heterocycles.